The third-order valence-electron chi connectivity index (χ3n) is 3.27. The number of nitrogens with zero attached hydrogens (tertiary/aromatic N) is 2. The lowest BCUT2D eigenvalue weighted by Gasteiger charge is -1.97. The Hall–Kier alpha value is -2.57. The van der Waals surface area contributed by atoms with E-state index in [0.717, 1.165) is 20.7 Å². The number of aromatic nitrogens is 2. The Kier molecular flexibility index (Phi) is 3.61. The van der Waals surface area contributed by atoms with Crippen LogP contribution in [0, 0.1) is 0 Å². The lowest BCUT2D eigenvalue weighted by Crippen LogP contribution is -2.10. The Morgan fingerprint density at radius 1 is 0.957 bits per heavy atom. The molecular formula is C17H11N3OS2. The first-order valence-electron chi connectivity index (χ1n) is 6.98. The van der Waals surface area contributed by atoms with Crippen LogP contribution in [0.2, 0.25) is 0 Å². The van der Waals surface area contributed by atoms with Crippen molar-refractivity contribution in [1.82, 2.24) is 9.97 Å². The molecule has 2 heterocycles. The molecule has 0 saturated heterocycles. The zero-order valence-corrected chi connectivity index (χ0v) is 13.5. The Labute approximate surface area is 140 Å². The van der Waals surface area contributed by atoms with Crippen LogP contribution in [0.5, 0.6) is 0 Å². The van der Waals surface area contributed by atoms with Crippen LogP contribution in [0.15, 0.2) is 60.8 Å². The van der Waals surface area contributed by atoms with Crippen molar-refractivity contribution in [3.63, 3.8) is 0 Å². The van der Waals surface area contributed by atoms with E-state index in [9.17, 15) is 4.79 Å². The Morgan fingerprint density at radius 3 is 2.57 bits per heavy atom. The summed E-state index contributed by atoms with van der Waals surface area (Å²) in [4.78, 5) is 22.0. The molecule has 1 amide bonds. The van der Waals surface area contributed by atoms with Gasteiger partial charge in [-0.25, -0.2) is 9.97 Å². The van der Waals surface area contributed by atoms with Crippen molar-refractivity contribution in [3.05, 3.63) is 65.8 Å². The summed E-state index contributed by atoms with van der Waals surface area (Å²) in [5.74, 6) is -0.222. The maximum atomic E-state index is 12.3. The normalized spacial score (nSPS) is 10.8. The number of hydrogen-bond donors (Lipinski definition) is 1. The highest BCUT2D eigenvalue weighted by Crippen LogP contribution is 2.29. The topological polar surface area (TPSA) is 54.9 Å². The van der Waals surface area contributed by atoms with Crippen molar-refractivity contribution in [2.45, 2.75) is 0 Å². The number of rotatable bonds is 3. The molecule has 0 saturated carbocycles. The van der Waals surface area contributed by atoms with E-state index in [1.165, 1.54) is 22.7 Å². The summed E-state index contributed by atoms with van der Waals surface area (Å²) in [6.07, 6.45) is 1.77. The van der Waals surface area contributed by atoms with E-state index in [1.807, 2.05) is 54.6 Å². The zero-order chi connectivity index (χ0) is 15.6. The van der Waals surface area contributed by atoms with Gasteiger partial charge in [0.25, 0.3) is 5.91 Å². The first-order chi connectivity index (χ1) is 11.3. The maximum Gasteiger partial charge on any atom is 0.286 e. The second-order valence-electron chi connectivity index (χ2n) is 4.84. The number of carbonyl (C=O) groups is 1. The van der Waals surface area contributed by atoms with Crippen molar-refractivity contribution >= 4 is 43.9 Å². The molecule has 0 radical (unpaired) electrons. The van der Waals surface area contributed by atoms with Gasteiger partial charge >= 0.3 is 0 Å². The summed E-state index contributed by atoms with van der Waals surface area (Å²) in [5, 5.41) is 3.85. The molecule has 0 aliphatic rings. The highest BCUT2D eigenvalue weighted by Gasteiger charge is 2.14. The van der Waals surface area contributed by atoms with Gasteiger partial charge in [0.1, 0.15) is 0 Å². The van der Waals surface area contributed by atoms with Gasteiger partial charge in [-0.15, -0.1) is 11.3 Å². The van der Waals surface area contributed by atoms with E-state index in [1.54, 1.807) is 6.20 Å². The molecule has 0 spiro atoms. The Balaban J connectivity index is 1.56. The Morgan fingerprint density at radius 2 is 1.74 bits per heavy atom. The van der Waals surface area contributed by atoms with Crippen LogP contribution >= 0.6 is 22.7 Å². The number of benzene rings is 2. The molecule has 0 bridgehead atoms. The standard InChI is InChI=1S/C17H11N3OS2/c21-15(16-19-12-8-4-5-9-13(12)22-16)20-17-18-10-14(23-17)11-6-2-1-3-7-11/h1-10H,(H,18,20,21). The molecule has 112 valence electrons. The van der Waals surface area contributed by atoms with Crippen molar-refractivity contribution < 1.29 is 4.79 Å². The molecule has 0 unspecified atom stereocenters. The average molecular weight is 337 g/mol. The van der Waals surface area contributed by atoms with Gasteiger partial charge in [-0.2, -0.15) is 0 Å². The molecule has 4 rings (SSSR count). The van der Waals surface area contributed by atoms with Crippen LogP contribution in [-0.2, 0) is 0 Å². The molecule has 1 N–H and O–H groups in total. The maximum absolute atomic E-state index is 12.3. The minimum atomic E-state index is -0.222. The van der Waals surface area contributed by atoms with E-state index >= 15 is 0 Å². The van der Waals surface area contributed by atoms with Crippen LogP contribution in [-0.4, -0.2) is 15.9 Å². The van der Waals surface area contributed by atoms with Crippen LogP contribution in [0.4, 0.5) is 5.13 Å². The number of carbonyl (C=O) groups excluding carboxylic acids is 1. The van der Waals surface area contributed by atoms with Gasteiger partial charge in [0, 0.05) is 6.20 Å². The average Bonchev–Trinajstić information content (AvgIpc) is 3.22. The van der Waals surface area contributed by atoms with Gasteiger partial charge in [-0.3, -0.25) is 10.1 Å². The van der Waals surface area contributed by atoms with E-state index < -0.39 is 0 Å². The fourth-order valence-corrected chi connectivity index (χ4v) is 3.87. The van der Waals surface area contributed by atoms with E-state index in [0.29, 0.717) is 10.1 Å². The quantitative estimate of drug-likeness (QED) is 0.591. The number of thiazole rings is 2. The van der Waals surface area contributed by atoms with Crippen molar-refractivity contribution in [2.75, 3.05) is 5.32 Å². The SMILES string of the molecule is O=C(Nc1ncc(-c2ccccc2)s1)c1nc2ccccc2s1. The predicted molar refractivity (Wildman–Crippen MR) is 95.1 cm³/mol. The first kappa shape index (κ1) is 14.0. The molecule has 6 heteroatoms. The fraction of sp³-hybridized carbons (Fsp3) is 0. The van der Waals surface area contributed by atoms with Gasteiger partial charge in [-0.05, 0) is 17.7 Å². The molecule has 0 aliphatic carbocycles. The smallest absolute Gasteiger partial charge is 0.286 e. The van der Waals surface area contributed by atoms with Gasteiger partial charge < -0.3 is 0 Å². The molecule has 0 aliphatic heterocycles. The molecular weight excluding hydrogens is 326 g/mol. The van der Waals surface area contributed by atoms with Gasteiger partial charge in [0.2, 0.25) is 0 Å². The van der Waals surface area contributed by atoms with Gasteiger partial charge in [0.15, 0.2) is 10.1 Å². The van der Waals surface area contributed by atoms with Crippen LogP contribution in [0.3, 0.4) is 0 Å². The zero-order valence-electron chi connectivity index (χ0n) is 11.9. The predicted octanol–water partition coefficient (Wildman–Crippen LogP) is 4.67. The molecule has 23 heavy (non-hydrogen) atoms. The lowest BCUT2D eigenvalue weighted by atomic mass is 10.2. The minimum Gasteiger partial charge on any atom is -0.296 e. The number of anilines is 1. The highest BCUT2D eigenvalue weighted by atomic mass is 32.1. The fourth-order valence-electron chi connectivity index (χ4n) is 2.19. The highest BCUT2D eigenvalue weighted by molar-refractivity contribution is 7.21. The number of para-hydroxylation sites is 1. The summed E-state index contributed by atoms with van der Waals surface area (Å²) in [6, 6.07) is 17.7. The van der Waals surface area contributed by atoms with Crippen molar-refractivity contribution in [2.24, 2.45) is 0 Å². The second-order valence-corrected chi connectivity index (χ2v) is 6.90. The Bertz CT molecular complexity index is 943. The largest absolute Gasteiger partial charge is 0.296 e. The molecule has 0 atom stereocenters. The van der Waals surface area contributed by atoms with Gasteiger partial charge in [-0.1, -0.05) is 53.8 Å². The third-order valence-corrected chi connectivity index (χ3v) is 5.27. The summed E-state index contributed by atoms with van der Waals surface area (Å²) in [6.45, 7) is 0. The monoisotopic (exact) mass is 337 g/mol. The molecule has 4 aromatic rings. The van der Waals surface area contributed by atoms with Gasteiger partial charge in [0.05, 0.1) is 15.1 Å². The van der Waals surface area contributed by atoms with E-state index in [-0.39, 0.29) is 5.91 Å². The van der Waals surface area contributed by atoms with E-state index in [4.69, 9.17) is 0 Å². The third kappa shape index (κ3) is 2.86. The summed E-state index contributed by atoms with van der Waals surface area (Å²) >= 11 is 2.83. The summed E-state index contributed by atoms with van der Waals surface area (Å²) < 4.78 is 1.00. The van der Waals surface area contributed by atoms with Crippen molar-refractivity contribution in [1.29, 1.82) is 0 Å². The number of amides is 1. The molecule has 4 nitrogen and oxygen atoms in total. The second kappa shape index (κ2) is 5.91. The van der Waals surface area contributed by atoms with Crippen LogP contribution in [0.1, 0.15) is 9.80 Å². The molecule has 0 fully saturated rings. The number of hydrogen-bond acceptors (Lipinski definition) is 5. The minimum absolute atomic E-state index is 0.222. The molecule has 2 aromatic heterocycles. The summed E-state index contributed by atoms with van der Waals surface area (Å²) in [7, 11) is 0. The van der Waals surface area contributed by atoms with Crippen LogP contribution in [0.25, 0.3) is 20.7 Å². The lowest BCUT2D eigenvalue weighted by molar-refractivity contribution is 0.102. The van der Waals surface area contributed by atoms with Crippen LogP contribution < -0.4 is 5.32 Å². The summed E-state index contributed by atoms with van der Waals surface area (Å²) in [5.41, 5.74) is 1.93. The van der Waals surface area contributed by atoms with E-state index in [2.05, 4.69) is 15.3 Å². The number of nitrogens with one attached hydrogen (secondary N) is 1. The first-order valence-corrected chi connectivity index (χ1v) is 8.61. The molecule has 2 aromatic carbocycles. The van der Waals surface area contributed by atoms with Crippen molar-refractivity contribution in [3.8, 4) is 10.4 Å². The number of fused-ring (bicyclic) bond motifs is 1.